The van der Waals surface area contributed by atoms with Gasteiger partial charge in [-0.15, -0.1) is 0 Å². The Labute approximate surface area is 142 Å². The lowest BCUT2D eigenvalue weighted by atomic mass is 10.1. The van der Waals surface area contributed by atoms with Crippen molar-refractivity contribution in [2.75, 3.05) is 5.33 Å². The minimum Gasteiger partial charge on any atom is -0.257 e. The molecule has 0 aromatic heterocycles. The van der Waals surface area contributed by atoms with E-state index < -0.39 is 16.2 Å². The molecule has 0 heterocycles. The van der Waals surface area contributed by atoms with Crippen LogP contribution in [-0.4, -0.2) is 13.7 Å². The summed E-state index contributed by atoms with van der Waals surface area (Å²) < 4.78 is 29.8. The van der Waals surface area contributed by atoms with E-state index in [1.165, 1.54) is 12.1 Å². The molecule has 1 atom stereocenters. The quantitative estimate of drug-likeness (QED) is 0.524. The van der Waals surface area contributed by atoms with Crippen molar-refractivity contribution in [3.05, 3.63) is 64.1 Å². The summed E-state index contributed by atoms with van der Waals surface area (Å²) in [6.07, 6.45) is -0.736. The van der Waals surface area contributed by atoms with E-state index >= 15 is 0 Å². The van der Waals surface area contributed by atoms with Gasteiger partial charge in [0, 0.05) is 20.9 Å². The molecule has 0 saturated heterocycles. The minimum atomic E-state index is -3.87. The average molecular weight is 410 g/mol. The van der Waals surface area contributed by atoms with Crippen molar-refractivity contribution in [1.29, 1.82) is 0 Å². The molecule has 0 N–H and O–H groups in total. The molecule has 0 bridgehead atoms. The zero-order chi connectivity index (χ0) is 15.5. The largest absolute Gasteiger partial charge is 0.297 e. The smallest absolute Gasteiger partial charge is 0.257 e. The fourth-order valence-corrected chi connectivity index (χ4v) is 3.98. The van der Waals surface area contributed by atoms with E-state index in [0.29, 0.717) is 15.6 Å². The van der Waals surface area contributed by atoms with Crippen molar-refractivity contribution in [3.63, 3.8) is 0 Å². The molecule has 7 heteroatoms. The average Bonchev–Trinajstić information content (AvgIpc) is 2.46. The van der Waals surface area contributed by atoms with E-state index in [1.807, 2.05) is 0 Å². The topological polar surface area (TPSA) is 43.4 Å². The second-order valence-electron chi connectivity index (χ2n) is 4.17. The molecule has 21 heavy (non-hydrogen) atoms. The fourth-order valence-electron chi connectivity index (χ4n) is 1.72. The number of benzene rings is 2. The summed E-state index contributed by atoms with van der Waals surface area (Å²) in [5.74, 6) is 0. The molecular formula is C14H11BrCl2O3S. The van der Waals surface area contributed by atoms with E-state index in [-0.39, 0.29) is 10.2 Å². The van der Waals surface area contributed by atoms with Crippen molar-refractivity contribution >= 4 is 49.2 Å². The van der Waals surface area contributed by atoms with Crippen LogP contribution in [0.15, 0.2) is 53.4 Å². The van der Waals surface area contributed by atoms with Crippen molar-refractivity contribution in [3.8, 4) is 0 Å². The first-order valence-electron chi connectivity index (χ1n) is 5.93. The second kappa shape index (κ2) is 7.11. The highest BCUT2D eigenvalue weighted by molar-refractivity contribution is 9.09. The maximum Gasteiger partial charge on any atom is 0.297 e. The summed E-state index contributed by atoms with van der Waals surface area (Å²) in [5.41, 5.74) is 0.553. The van der Waals surface area contributed by atoms with E-state index in [1.54, 1.807) is 36.4 Å². The molecule has 2 rings (SSSR count). The molecule has 0 aliphatic heterocycles. The highest BCUT2D eigenvalue weighted by Gasteiger charge is 2.24. The first-order chi connectivity index (χ1) is 9.94. The number of hydrogen-bond donors (Lipinski definition) is 0. The van der Waals surface area contributed by atoms with Gasteiger partial charge in [0.25, 0.3) is 10.1 Å². The van der Waals surface area contributed by atoms with Crippen molar-refractivity contribution in [2.45, 2.75) is 11.0 Å². The molecule has 0 aliphatic rings. The van der Waals surface area contributed by atoms with E-state index in [9.17, 15) is 8.42 Å². The van der Waals surface area contributed by atoms with Gasteiger partial charge in [0.1, 0.15) is 6.10 Å². The summed E-state index contributed by atoms with van der Waals surface area (Å²) in [6.45, 7) is 0. The van der Waals surface area contributed by atoms with Gasteiger partial charge < -0.3 is 0 Å². The lowest BCUT2D eigenvalue weighted by Gasteiger charge is -2.17. The lowest BCUT2D eigenvalue weighted by molar-refractivity contribution is 0.240. The van der Waals surface area contributed by atoms with Gasteiger partial charge in [-0.25, -0.2) is 0 Å². The Hall–Kier alpha value is -0.590. The first-order valence-corrected chi connectivity index (χ1v) is 9.22. The standard InChI is InChI=1S/C14H11BrCl2O3S/c15-9-14(12-7-6-10(16)8-13(12)17)20-21(18,19)11-4-2-1-3-5-11/h1-8,14H,9H2/t14-/m1/s1. The van der Waals surface area contributed by atoms with Crippen LogP contribution in [0, 0.1) is 0 Å². The van der Waals surface area contributed by atoms with Gasteiger partial charge in [-0.3, -0.25) is 4.18 Å². The zero-order valence-electron chi connectivity index (χ0n) is 10.7. The molecule has 112 valence electrons. The Balaban J connectivity index is 2.31. The van der Waals surface area contributed by atoms with Gasteiger partial charge in [-0.2, -0.15) is 8.42 Å². The molecule has 0 spiro atoms. The summed E-state index contributed by atoms with van der Waals surface area (Å²) in [6, 6.07) is 12.8. The SMILES string of the molecule is O=S(=O)(O[C@H](CBr)c1ccc(Cl)cc1Cl)c1ccccc1. The Bertz CT molecular complexity index is 720. The van der Waals surface area contributed by atoms with Crippen molar-refractivity contribution < 1.29 is 12.6 Å². The Morgan fingerprint density at radius 3 is 2.33 bits per heavy atom. The van der Waals surface area contributed by atoms with Crippen molar-refractivity contribution in [2.24, 2.45) is 0 Å². The Morgan fingerprint density at radius 2 is 1.76 bits per heavy atom. The number of halogens is 3. The van der Waals surface area contributed by atoms with Crippen LogP contribution in [0.25, 0.3) is 0 Å². The number of hydrogen-bond acceptors (Lipinski definition) is 3. The van der Waals surface area contributed by atoms with Crippen LogP contribution < -0.4 is 0 Å². The Morgan fingerprint density at radius 1 is 1.10 bits per heavy atom. The third-order valence-corrected chi connectivity index (χ3v) is 5.21. The van der Waals surface area contributed by atoms with Gasteiger partial charge in [0.2, 0.25) is 0 Å². The van der Waals surface area contributed by atoms with Crippen LogP contribution in [0.4, 0.5) is 0 Å². The number of rotatable bonds is 5. The monoisotopic (exact) mass is 408 g/mol. The summed E-state index contributed by atoms with van der Waals surface area (Å²) >= 11 is 15.2. The second-order valence-corrected chi connectivity index (χ2v) is 7.24. The van der Waals surface area contributed by atoms with E-state index in [0.717, 1.165) is 0 Å². The molecule has 2 aromatic rings. The molecule has 3 nitrogen and oxygen atoms in total. The molecule has 0 fully saturated rings. The van der Waals surface area contributed by atoms with E-state index in [2.05, 4.69) is 15.9 Å². The Kier molecular flexibility index (Phi) is 5.68. The predicted molar refractivity (Wildman–Crippen MR) is 87.7 cm³/mol. The molecule has 0 amide bonds. The first kappa shape index (κ1) is 16.8. The normalized spacial score (nSPS) is 13.1. The zero-order valence-corrected chi connectivity index (χ0v) is 14.6. The van der Waals surface area contributed by atoms with Crippen LogP contribution in [0.5, 0.6) is 0 Å². The molecule has 2 aromatic carbocycles. The van der Waals surface area contributed by atoms with Crippen LogP contribution in [0.1, 0.15) is 11.7 Å². The van der Waals surface area contributed by atoms with Gasteiger partial charge in [0.05, 0.1) is 4.90 Å². The molecular weight excluding hydrogens is 399 g/mol. The maximum absolute atomic E-state index is 12.2. The maximum atomic E-state index is 12.2. The van der Waals surface area contributed by atoms with Gasteiger partial charge >= 0.3 is 0 Å². The third kappa shape index (κ3) is 4.20. The highest BCUT2D eigenvalue weighted by Crippen LogP contribution is 2.32. The predicted octanol–water partition coefficient (Wildman–Crippen LogP) is 4.83. The van der Waals surface area contributed by atoms with Crippen LogP contribution in [-0.2, 0) is 14.3 Å². The number of alkyl halides is 1. The van der Waals surface area contributed by atoms with Gasteiger partial charge in [0.15, 0.2) is 0 Å². The molecule has 0 aliphatic carbocycles. The highest BCUT2D eigenvalue weighted by atomic mass is 79.9. The fraction of sp³-hybridized carbons (Fsp3) is 0.143. The molecule has 0 saturated carbocycles. The molecule has 0 unspecified atom stereocenters. The summed E-state index contributed by atoms with van der Waals surface area (Å²) in [7, 11) is -3.87. The minimum absolute atomic E-state index is 0.0982. The summed E-state index contributed by atoms with van der Waals surface area (Å²) in [4.78, 5) is 0.0982. The lowest BCUT2D eigenvalue weighted by Crippen LogP contribution is -2.14. The van der Waals surface area contributed by atoms with E-state index in [4.69, 9.17) is 27.4 Å². The summed E-state index contributed by atoms with van der Waals surface area (Å²) in [5, 5.41) is 1.11. The van der Waals surface area contributed by atoms with Crippen molar-refractivity contribution in [1.82, 2.24) is 0 Å². The van der Waals surface area contributed by atoms with Gasteiger partial charge in [-0.1, -0.05) is 63.4 Å². The van der Waals surface area contributed by atoms with Gasteiger partial charge in [-0.05, 0) is 24.3 Å². The van der Waals surface area contributed by atoms with Crippen LogP contribution in [0.3, 0.4) is 0 Å². The third-order valence-electron chi connectivity index (χ3n) is 2.72. The van der Waals surface area contributed by atoms with Crippen LogP contribution >= 0.6 is 39.1 Å². The van der Waals surface area contributed by atoms with Crippen LogP contribution in [0.2, 0.25) is 10.0 Å². The molecule has 0 radical (unpaired) electrons.